The molecule has 2 heteroatoms. The van der Waals surface area contributed by atoms with Gasteiger partial charge in [0.2, 0.25) is 0 Å². The number of hydrogen-bond donors (Lipinski definition) is 1. The topological polar surface area (TPSA) is 26.0 Å². The SMILES string of the molecule is NC1(c2cccc(Br)c2)CC2(CCCCCC2)C1. The van der Waals surface area contributed by atoms with Crippen molar-refractivity contribution in [2.75, 3.05) is 0 Å². The summed E-state index contributed by atoms with van der Waals surface area (Å²) in [7, 11) is 0. The van der Waals surface area contributed by atoms with Crippen LogP contribution in [0.15, 0.2) is 28.7 Å². The first-order valence-corrected chi connectivity index (χ1v) is 7.96. The molecule has 2 aliphatic rings. The fraction of sp³-hybridized carbons (Fsp3) is 0.625. The van der Waals surface area contributed by atoms with Crippen molar-refractivity contribution in [1.29, 1.82) is 0 Å². The molecule has 2 saturated carbocycles. The third-order valence-corrected chi connectivity index (χ3v) is 5.44. The van der Waals surface area contributed by atoms with Crippen LogP contribution in [-0.2, 0) is 5.54 Å². The van der Waals surface area contributed by atoms with E-state index < -0.39 is 0 Å². The second-order valence-electron chi connectivity index (χ2n) is 6.43. The molecule has 98 valence electrons. The van der Waals surface area contributed by atoms with Gasteiger partial charge in [0, 0.05) is 10.0 Å². The minimum Gasteiger partial charge on any atom is -0.321 e. The fourth-order valence-electron chi connectivity index (χ4n) is 4.12. The number of hydrogen-bond acceptors (Lipinski definition) is 1. The van der Waals surface area contributed by atoms with E-state index in [4.69, 9.17) is 5.73 Å². The lowest BCUT2D eigenvalue weighted by Crippen LogP contribution is -2.55. The standard InChI is InChI=1S/C16H22BrN/c17-14-7-5-6-13(10-14)16(18)11-15(12-16)8-3-1-2-4-9-15/h5-7,10H,1-4,8-9,11-12,18H2. The maximum absolute atomic E-state index is 6.63. The highest BCUT2D eigenvalue weighted by Gasteiger charge is 2.52. The molecular formula is C16H22BrN. The lowest BCUT2D eigenvalue weighted by atomic mass is 9.53. The van der Waals surface area contributed by atoms with Crippen LogP contribution < -0.4 is 5.73 Å². The summed E-state index contributed by atoms with van der Waals surface area (Å²) in [4.78, 5) is 0. The van der Waals surface area contributed by atoms with E-state index in [0.717, 1.165) is 4.47 Å². The molecule has 0 atom stereocenters. The minimum absolute atomic E-state index is 0.0614. The zero-order chi connectivity index (χ0) is 12.6. The highest BCUT2D eigenvalue weighted by atomic mass is 79.9. The van der Waals surface area contributed by atoms with Crippen LogP contribution in [0.1, 0.15) is 56.9 Å². The van der Waals surface area contributed by atoms with Crippen LogP contribution in [0.4, 0.5) is 0 Å². The molecule has 18 heavy (non-hydrogen) atoms. The van der Waals surface area contributed by atoms with Gasteiger partial charge < -0.3 is 5.73 Å². The lowest BCUT2D eigenvalue weighted by Gasteiger charge is -2.55. The van der Waals surface area contributed by atoms with Gasteiger partial charge in [-0.1, -0.05) is 53.7 Å². The molecule has 2 fully saturated rings. The van der Waals surface area contributed by atoms with E-state index in [1.165, 1.54) is 56.9 Å². The highest BCUT2D eigenvalue weighted by molar-refractivity contribution is 9.10. The van der Waals surface area contributed by atoms with Gasteiger partial charge >= 0.3 is 0 Å². The molecule has 1 nitrogen and oxygen atoms in total. The van der Waals surface area contributed by atoms with Crippen molar-refractivity contribution in [2.45, 2.75) is 56.9 Å². The van der Waals surface area contributed by atoms with Gasteiger partial charge in [-0.15, -0.1) is 0 Å². The van der Waals surface area contributed by atoms with Crippen molar-refractivity contribution in [3.63, 3.8) is 0 Å². The molecular weight excluding hydrogens is 286 g/mol. The number of nitrogens with two attached hydrogens (primary N) is 1. The van der Waals surface area contributed by atoms with Crippen LogP contribution in [0.25, 0.3) is 0 Å². The van der Waals surface area contributed by atoms with Gasteiger partial charge in [-0.25, -0.2) is 0 Å². The predicted octanol–water partition coefficient (Wildman–Crippen LogP) is 4.74. The summed E-state index contributed by atoms with van der Waals surface area (Å²) < 4.78 is 1.15. The van der Waals surface area contributed by atoms with Crippen molar-refractivity contribution >= 4 is 15.9 Å². The van der Waals surface area contributed by atoms with Crippen LogP contribution in [0.5, 0.6) is 0 Å². The van der Waals surface area contributed by atoms with Gasteiger partial charge in [0.15, 0.2) is 0 Å². The fourth-order valence-corrected chi connectivity index (χ4v) is 4.52. The molecule has 0 aliphatic heterocycles. The zero-order valence-electron chi connectivity index (χ0n) is 10.9. The number of benzene rings is 1. The average molecular weight is 308 g/mol. The largest absolute Gasteiger partial charge is 0.321 e. The molecule has 0 radical (unpaired) electrons. The molecule has 0 saturated heterocycles. The molecule has 0 heterocycles. The summed E-state index contributed by atoms with van der Waals surface area (Å²) in [5.41, 5.74) is 8.46. The van der Waals surface area contributed by atoms with Gasteiger partial charge in [-0.2, -0.15) is 0 Å². The Labute approximate surface area is 118 Å². The Morgan fingerprint density at radius 1 is 1.00 bits per heavy atom. The van der Waals surface area contributed by atoms with Gasteiger partial charge in [0.25, 0.3) is 0 Å². The zero-order valence-corrected chi connectivity index (χ0v) is 12.5. The first kappa shape index (κ1) is 12.7. The first-order valence-electron chi connectivity index (χ1n) is 7.17. The van der Waals surface area contributed by atoms with Crippen molar-refractivity contribution in [3.05, 3.63) is 34.3 Å². The minimum atomic E-state index is -0.0614. The van der Waals surface area contributed by atoms with Gasteiger partial charge in [-0.3, -0.25) is 0 Å². The Morgan fingerprint density at radius 2 is 1.67 bits per heavy atom. The van der Waals surface area contributed by atoms with Gasteiger partial charge in [0.05, 0.1) is 0 Å². The molecule has 3 rings (SSSR count). The van der Waals surface area contributed by atoms with E-state index in [2.05, 4.69) is 40.2 Å². The summed E-state index contributed by atoms with van der Waals surface area (Å²) in [5, 5.41) is 0. The van der Waals surface area contributed by atoms with E-state index in [1.54, 1.807) is 0 Å². The number of rotatable bonds is 1. The van der Waals surface area contributed by atoms with E-state index in [9.17, 15) is 0 Å². The van der Waals surface area contributed by atoms with Gasteiger partial charge in [0.1, 0.15) is 0 Å². The van der Waals surface area contributed by atoms with E-state index in [1.807, 2.05) is 0 Å². The Balaban J connectivity index is 1.76. The second-order valence-corrected chi connectivity index (χ2v) is 7.35. The molecule has 0 aromatic heterocycles. The molecule has 0 amide bonds. The summed E-state index contributed by atoms with van der Waals surface area (Å²) in [6, 6.07) is 8.57. The van der Waals surface area contributed by atoms with Crippen LogP contribution in [0.2, 0.25) is 0 Å². The molecule has 2 aliphatic carbocycles. The first-order chi connectivity index (χ1) is 8.62. The van der Waals surface area contributed by atoms with E-state index in [-0.39, 0.29) is 5.54 Å². The maximum atomic E-state index is 6.63. The van der Waals surface area contributed by atoms with Crippen molar-refractivity contribution in [3.8, 4) is 0 Å². The molecule has 1 aromatic rings. The van der Waals surface area contributed by atoms with Crippen LogP contribution in [0, 0.1) is 5.41 Å². The summed E-state index contributed by atoms with van der Waals surface area (Å²) in [6.07, 6.45) is 10.9. The van der Waals surface area contributed by atoms with Crippen LogP contribution in [-0.4, -0.2) is 0 Å². The third-order valence-electron chi connectivity index (χ3n) is 4.94. The Hall–Kier alpha value is -0.340. The Morgan fingerprint density at radius 3 is 2.28 bits per heavy atom. The second kappa shape index (κ2) is 4.64. The maximum Gasteiger partial charge on any atom is 0.0420 e. The monoisotopic (exact) mass is 307 g/mol. The van der Waals surface area contributed by atoms with E-state index >= 15 is 0 Å². The number of halogens is 1. The molecule has 0 unspecified atom stereocenters. The lowest BCUT2D eigenvalue weighted by molar-refractivity contribution is 0.00961. The van der Waals surface area contributed by atoms with E-state index in [0.29, 0.717) is 5.41 Å². The van der Waals surface area contributed by atoms with Crippen LogP contribution >= 0.6 is 15.9 Å². The van der Waals surface area contributed by atoms with Crippen molar-refractivity contribution in [1.82, 2.24) is 0 Å². The highest BCUT2D eigenvalue weighted by Crippen LogP contribution is 2.58. The summed E-state index contributed by atoms with van der Waals surface area (Å²) in [6.45, 7) is 0. The molecule has 2 N–H and O–H groups in total. The van der Waals surface area contributed by atoms with Crippen LogP contribution in [0.3, 0.4) is 0 Å². The smallest absolute Gasteiger partial charge is 0.0420 e. The summed E-state index contributed by atoms with van der Waals surface area (Å²) in [5.74, 6) is 0. The molecule has 1 aromatic carbocycles. The van der Waals surface area contributed by atoms with Gasteiger partial charge in [-0.05, 0) is 48.8 Å². The average Bonchev–Trinajstić information content (AvgIpc) is 2.54. The summed E-state index contributed by atoms with van der Waals surface area (Å²) >= 11 is 3.55. The quantitative estimate of drug-likeness (QED) is 0.797. The third kappa shape index (κ3) is 2.25. The van der Waals surface area contributed by atoms with Crippen molar-refractivity contribution < 1.29 is 0 Å². The Kier molecular flexibility index (Phi) is 3.27. The predicted molar refractivity (Wildman–Crippen MR) is 79.4 cm³/mol. The molecule has 0 bridgehead atoms. The Bertz CT molecular complexity index is 424. The normalized spacial score (nSPS) is 25.4. The molecule has 1 spiro atoms. The van der Waals surface area contributed by atoms with Crippen molar-refractivity contribution in [2.24, 2.45) is 11.1 Å².